The Bertz CT molecular complexity index is 1950. The maximum atomic E-state index is 11.5. The van der Waals surface area contributed by atoms with Gasteiger partial charge in [-0.2, -0.15) is 9.97 Å². The summed E-state index contributed by atoms with van der Waals surface area (Å²) in [5, 5.41) is 3.74. The number of methoxy groups -OCH3 is 3. The van der Waals surface area contributed by atoms with Crippen molar-refractivity contribution < 1.29 is 28.5 Å². The van der Waals surface area contributed by atoms with Crippen molar-refractivity contribution in [1.82, 2.24) is 29.7 Å². The van der Waals surface area contributed by atoms with Gasteiger partial charge in [-0.1, -0.05) is 39.3 Å². The van der Waals surface area contributed by atoms with E-state index in [1.54, 1.807) is 53.5 Å². The molecule has 304 valence electrons. The number of nitrogens with two attached hydrogens (primary N) is 3. The molecule has 3 heterocycles. The van der Waals surface area contributed by atoms with Gasteiger partial charge in [0.1, 0.15) is 17.2 Å². The summed E-state index contributed by atoms with van der Waals surface area (Å²) in [6.07, 6.45) is 1.56. The van der Waals surface area contributed by atoms with Crippen LogP contribution in [-0.2, 0) is 4.79 Å². The summed E-state index contributed by atoms with van der Waals surface area (Å²) < 4.78 is 28.0. The number of aromatic nitrogens is 4. The van der Waals surface area contributed by atoms with E-state index in [0.29, 0.717) is 56.9 Å². The maximum absolute atomic E-state index is 11.5. The fraction of sp³-hybridized carbons (Fsp3) is 0.462. The lowest BCUT2D eigenvalue weighted by Crippen LogP contribution is -2.50. The van der Waals surface area contributed by atoms with Crippen molar-refractivity contribution in [1.29, 1.82) is 0 Å². The number of halogens is 1. The van der Waals surface area contributed by atoms with E-state index in [4.69, 9.17) is 52.5 Å². The van der Waals surface area contributed by atoms with Crippen molar-refractivity contribution in [2.24, 2.45) is 0 Å². The zero-order valence-electron chi connectivity index (χ0n) is 33.9. The van der Waals surface area contributed by atoms with Gasteiger partial charge in [-0.05, 0) is 37.8 Å². The maximum Gasteiger partial charge on any atom is 0.225 e. The number of hydrogen-bond donors (Lipinski definition) is 4. The van der Waals surface area contributed by atoms with Gasteiger partial charge < -0.3 is 51.1 Å². The number of anilines is 4. The summed E-state index contributed by atoms with van der Waals surface area (Å²) in [6, 6.07) is 7.35. The Kier molecular flexibility index (Phi) is 15.0. The van der Waals surface area contributed by atoms with E-state index < -0.39 is 0 Å². The fourth-order valence-electron chi connectivity index (χ4n) is 6.05. The molecule has 0 bridgehead atoms. The minimum absolute atomic E-state index is 0.105. The number of benzene rings is 2. The highest BCUT2D eigenvalue weighted by molar-refractivity contribution is 6.32. The molecule has 17 heteroatoms. The molecule has 16 nitrogen and oxygen atoms in total. The summed E-state index contributed by atoms with van der Waals surface area (Å²) in [6.45, 7) is 17.7. The number of ether oxygens (including phenoxy) is 5. The Morgan fingerprint density at radius 2 is 1.34 bits per heavy atom. The summed E-state index contributed by atoms with van der Waals surface area (Å²) in [4.78, 5) is 32.5. The second kappa shape index (κ2) is 19.4. The SMILES string of the molecule is COc1cc(C(C)C)c(Oc2cnc(NC(C)CN3CCN(C(C)=O)CC3)nc2N)cc1Cl.COc1cc(Oc2c(C)nc(N)nc2N)c(C(C)C)cc1OC. The van der Waals surface area contributed by atoms with Gasteiger partial charge in [0, 0.05) is 68.9 Å². The molecule has 1 unspecified atom stereocenters. The molecule has 56 heavy (non-hydrogen) atoms. The molecule has 1 fully saturated rings. The van der Waals surface area contributed by atoms with Crippen LogP contribution in [-0.4, -0.2) is 95.7 Å². The predicted molar refractivity (Wildman–Crippen MR) is 220 cm³/mol. The van der Waals surface area contributed by atoms with Gasteiger partial charge in [-0.25, -0.2) is 9.97 Å². The van der Waals surface area contributed by atoms with Crippen LogP contribution < -0.4 is 46.2 Å². The van der Waals surface area contributed by atoms with Crippen LogP contribution in [0.1, 0.15) is 70.2 Å². The molecule has 0 spiro atoms. The number of nitrogen functional groups attached to an aromatic ring is 3. The Morgan fingerprint density at radius 1 is 0.768 bits per heavy atom. The lowest BCUT2D eigenvalue weighted by Gasteiger charge is -2.35. The van der Waals surface area contributed by atoms with Gasteiger partial charge in [0.25, 0.3) is 0 Å². The van der Waals surface area contributed by atoms with Gasteiger partial charge in [0.05, 0.1) is 38.2 Å². The Balaban J connectivity index is 0.000000265. The third-order valence-electron chi connectivity index (χ3n) is 9.06. The highest BCUT2D eigenvalue weighted by atomic mass is 35.5. The zero-order valence-corrected chi connectivity index (χ0v) is 34.7. The molecule has 1 aliphatic rings. The molecule has 1 amide bonds. The number of piperazine rings is 1. The molecular weight excluding hydrogens is 740 g/mol. The highest BCUT2D eigenvalue weighted by Gasteiger charge is 2.22. The van der Waals surface area contributed by atoms with E-state index in [1.807, 2.05) is 17.0 Å². The number of rotatable bonds is 13. The van der Waals surface area contributed by atoms with Crippen LogP contribution >= 0.6 is 11.6 Å². The van der Waals surface area contributed by atoms with Crippen LogP contribution in [0.2, 0.25) is 5.02 Å². The van der Waals surface area contributed by atoms with Crippen LogP contribution in [0.4, 0.5) is 23.5 Å². The first-order valence-corrected chi connectivity index (χ1v) is 18.7. The zero-order chi connectivity index (χ0) is 41.3. The van der Waals surface area contributed by atoms with E-state index in [-0.39, 0.29) is 41.4 Å². The molecule has 0 aliphatic carbocycles. The second-order valence-corrected chi connectivity index (χ2v) is 14.4. The molecule has 0 saturated carbocycles. The van der Waals surface area contributed by atoms with Crippen molar-refractivity contribution in [3.8, 4) is 40.2 Å². The number of carbonyl (C=O) groups excluding carboxylic acids is 1. The molecule has 2 aromatic carbocycles. The minimum atomic E-state index is 0.105. The number of carbonyl (C=O) groups is 1. The van der Waals surface area contributed by atoms with Gasteiger partial charge in [0.15, 0.2) is 34.6 Å². The number of aryl methyl sites for hydroxylation is 1. The standard InChI is InChI=1S/C23H33ClN6O3.C16H22N4O3/c1-14(2)17-10-20(32-5)18(24)11-19(17)33-21-12-26-23(28-22(21)25)27-15(3)13-29-6-8-30(9-7-29)16(4)31;1-8(2)10-6-12(21-4)13(22-5)7-11(10)23-14-9(3)19-16(18)20-15(14)17/h10-12,14-15H,6-9,13H2,1-5H3,(H3,25,26,27,28);6-8H,1-5H3,(H4,17,18,19,20). The van der Waals surface area contributed by atoms with Gasteiger partial charge in [-0.3, -0.25) is 9.69 Å². The lowest BCUT2D eigenvalue weighted by molar-refractivity contribution is -0.130. The van der Waals surface area contributed by atoms with Gasteiger partial charge >= 0.3 is 0 Å². The molecule has 1 aliphatic heterocycles. The Morgan fingerprint density at radius 3 is 1.88 bits per heavy atom. The van der Waals surface area contributed by atoms with Crippen molar-refractivity contribution in [2.75, 3.05) is 76.6 Å². The van der Waals surface area contributed by atoms with Crippen LogP contribution in [0.15, 0.2) is 30.5 Å². The number of nitrogens with one attached hydrogen (secondary N) is 1. The van der Waals surface area contributed by atoms with E-state index in [0.717, 1.165) is 43.9 Å². The van der Waals surface area contributed by atoms with Crippen LogP contribution in [0.5, 0.6) is 40.2 Å². The molecule has 1 atom stereocenters. The lowest BCUT2D eigenvalue weighted by atomic mass is 10.0. The Labute approximate surface area is 334 Å². The minimum Gasteiger partial charge on any atom is -0.495 e. The highest BCUT2D eigenvalue weighted by Crippen LogP contribution is 2.42. The van der Waals surface area contributed by atoms with Gasteiger partial charge in [-0.15, -0.1) is 0 Å². The number of amides is 1. The average molecular weight is 795 g/mol. The van der Waals surface area contributed by atoms with E-state index in [2.05, 4.69) is 64.8 Å². The van der Waals surface area contributed by atoms with Crippen molar-refractivity contribution in [3.63, 3.8) is 0 Å². The topological polar surface area (TPSA) is 211 Å². The molecule has 2 aromatic heterocycles. The first-order chi connectivity index (χ1) is 26.5. The van der Waals surface area contributed by atoms with Crippen molar-refractivity contribution in [2.45, 2.75) is 66.3 Å². The molecule has 0 radical (unpaired) electrons. The fourth-order valence-corrected chi connectivity index (χ4v) is 6.29. The van der Waals surface area contributed by atoms with E-state index in [1.165, 1.54) is 0 Å². The van der Waals surface area contributed by atoms with Crippen LogP contribution in [0.3, 0.4) is 0 Å². The monoisotopic (exact) mass is 794 g/mol. The third kappa shape index (κ3) is 11.1. The van der Waals surface area contributed by atoms with Gasteiger partial charge in [0.2, 0.25) is 17.8 Å². The number of hydrogen-bond acceptors (Lipinski definition) is 15. The largest absolute Gasteiger partial charge is 0.495 e. The smallest absolute Gasteiger partial charge is 0.225 e. The Hall–Kier alpha value is -5.48. The van der Waals surface area contributed by atoms with Crippen LogP contribution in [0.25, 0.3) is 0 Å². The molecule has 5 rings (SSSR count). The summed E-state index contributed by atoms with van der Waals surface area (Å²) in [5.74, 6) is 5.24. The molecular formula is C39H55ClN10O6. The number of nitrogens with zero attached hydrogens (tertiary/aromatic N) is 6. The van der Waals surface area contributed by atoms with E-state index in [9.17, 15) is 4.79 Å². The van der Waals surface area contributed by atoms with Crippen molar-refractivity contribution in [3.05, 3.63) is 52.3 Å². The van der Waals surface area contributed by atoms with Crippen molar-refractivity contribution >= 4 is 41.0 Å². The second-order valence-electron chi connectivity index (χ2n) is 14.0. The average Bonchev–Trinajstić information content (AvgIpc) is 3.14. The molecule has 4 aromatic rings. The van der Waals surface area contributed by atoms with Crippen LogP contribution in [0, 0.1) is 6.92 Å². The summed E-state index contributed by atoms with van der Waals surface area (Å²) >= 11 is 6.30. The van der Waals surface area contributed by atoms with E-state index >= 15 is 0 Å². The summed E-state index contributed by atoms with van der Waals surface area (Å²) in [7, 11) is 4.75. The molecule has 1 saturated heterocycles. The quantitative estimate of drug-likeness (QED) is 0.114. The first kappa shape index (κ1) is 43.3. The molecule has 7 N–H and O–H groups in total. The first-order valence-electron chi connectivity index (χ1n) is 18.3. The summed E-state index contributed by atoms with van der Waals surface area (Å²) in [5.41, 5.74) is 20.1. The third-order valence-corrected chi connectivity index (χ3v) is 9.36. The predicted octanol–water partition coefficient (Wildman–Crippen LogP) is 6.48. The normalized spacial score (nSPS) is 13.5.